The average Bonchev–Trinajstić information content (AvgIpc) is 2.75. The van der Waals surface area contributed by atoms with E-state index in [4.69, 9.17) is 4.74 Å². The van der Waals surface area contributed by atoms with E-state index in [0.29, 0.717) is 38.1 Å². The normalized spacial score (nSPS) is 15.4. The molecule has 1 aliphatic rings. The third-order valence-electron chi connectivity index (χ3n) is 5.03. The van der Waals surface area contributed by atoms with Crippen molar-refractivity contribution >= 4 is 21.6 Å². The highest BCUT2D eigenvalue weighted by Gasteiger charge is 2.29. The van der Waals surface area contributed by atoms with Gasteiger partial charge in [0.25, 0.3) is 11.6 Å². The van der Waals surface area contributed by atoms with Crippen molar-refractivity contribution in [1.29, 1.82) is 0 Å². The van der Waals surface area contributed by atoms with Crippen molar-refractivity contribution in [2.75, 3.05) is 18.8 Å². The quantitative estimate of drug-likeness (QED) is 0.490. The van der Waals surface area contributed by atoms with Gasteiger partial charge in [-0.05, 0) is 37.5 Å². The first-order valence-corrected chi connectivity index (χ1v) is 11.7. The van der Waals surface area contributed by atoms with E-state index in [1.807, 2.05) is 13.0 Å². The molecule has 1 heterocycles. The molecule has 0 atom stereocenters. The van der Waals surface area contributed by atoms with Crippen molar-refractivity contribution in [2.45, 2.75) is 32.2 Å². The summed E-state index contributed by atoms with van der Waals surface area (Å²) in [6.07, 6.45) is 1.49. The number of carbonyl (C=O) groups is 1. The van der Waals surface area contributed by atoms with Crippen LogP contribution in [0.1, 0.15) is 36.5 Å². The SMILES string of the molecule is CCCS(=O)(=O)N1CCC(NC(=O)c2cc([N+](=O)[O-])ccc2Oc2ccccc2)CC1. The second-order valence-corrected chi connectivity index (χ2v) is 9.40. The van der Waals surface area contributed by atoms with Gasteiger partial charge >= 0.3 is 0 Å². The smallest absolute Gasteiger partial charge is 0.270 e. The van der Waals surface area contributed by atoms with Crippen LogP contribution in [0.4, 0.5) is 5.69 Å². The maximum Gasteiger partial charge on any atom is 0.270 e. The van der Waals surface area contributed by atoms with Crippen LogP contribution in [0.25, 0.3) is 0 Å². The molecule has 0 aromatic heterocycles. The highest BCUT2D eigenvalue weighted by molar-refractivity contribution is 7.89. The number of nitro groups is 1. The van der Waals surface area contributed by atoms with Crippen molar-refractivity contribution in [3.63, 3.8) is 0 Å². The molecule has 1 fully saturated rings. The number of benzene rings is 2. The summed E-state index contributed by atoms with van der Waals surface area (Å²) in [5, 5.41) is 14.1. The first-order chi connectivity index (χ1) is 14.8. The molecule has 0 unspecified atom stereocenters. The van der Waals surface area contributed by atoms with Crippen LogP contribution in [0.5, 0.6) is 11.5 Å². The summed E-state index contributed by atoms with van der Waals surface area (Å²) in [6.45, 7) is 2.48. The van der Waals surface area contributed by atoms with E-state index in [1.165, 1.54) is 22.5 Å². The lowest BCUT2D eigenvalue weighted by molar-refractivity contribution is -0.384. The minimum Gasteiger partial charge on any atom is -0.457 e. The van der Waals surface area contributed by atoms with Crippen LogP contribution in [-0.2, 0) is 10.0 Å². The van der Waals surface area contributed by atoms with Gasteiger partial charge in [-0.3, -0.25) is 14.9 Å². The number of hydrogen-bond acceptors (Lipinski definition) is 6. The molecule has 1 amide bonds. The number of nitro benzene ring substituents is 1. The molecular formula is C21H25N3O6S. The number of non-ortho nitro benzene ring substituents is 1. The lowest BCUT2D eigenvalue weighted by atomic mass is 10.1. The van der Waals surface area contributed by atoms with E-state index in [0.717, 1.165) is 0 Å². The number of amides is 1. The van der Waals surface area contributed by atoms with Gasteiger partial charge in [-0.25, -0.2) is 12.7 Å². The fourth-order valence-electron chi connectivity index (χ4n) is 3.44. The van der Waals surface area contributed by atoms with Crippen LogP contribution < -0.4 is 10.1 Å². The number of nitrogens with one attached hydrogen (secondary N) is 1. The molecule has 0 radical (unpaired) electrons. The number of ether oxygens (including phenoxy) is 1. The number of rotatable bonds is 8. The standard InChI is InChI=1S/C21H25N3O6S/c1-2-14-31(28,29)23-12-10-16(11-13-23)22-21(25)19-15-17(24(26)27)8-9-20(19)30-18-6-4-3-5-7-18/h3-9,15-16H,2,10-14H2,1H3,(H,22,25). The molecule has 0 saturated carbocycles. The molecule has 166 valence electrons. The van der Waals surface area contributed by atoms with E-state index >= 15 is 0 Å². The van der Waals surface area contributed by atoms with Crippen LogP contribution >= 0.6 is 0 Å². The van der Waals surface area contributed by atoms with Crippen molar-refractivity contribution in [3.8, 4) is 11.5 Å². The molecule has 2 aromatic rings. The summed E-state index contributed by atoms with van der Waals surface area (Å²) in [5.74, 6) is 0.319. The number of sulfonamides is 1. The van der Waals surface area contributed by atoms with E-state index < -0.39 is 20.9 Å². The Balaban J connectivity index is 1.73. The van der Waals surface area contributed by atoms with Crippen molar-refractivity contribution in [2.24, 2.45) is 0 Å². The van der Waals surface area contributed by atoms with Crippen molar-refractivity contribution in [1.82, 2.24) is 9.62 Å². The first-order valence-electron chi connectivity index (χ1n) is 10.1. The van der Waals surface area contributed by atoms with E-state index in [9.17, 15) is 23.3 Å². The van der Waals surface area contributed by atoms with E-state index in [-0.39, 0.29) is 28.8 Å². The number of hydrogen-bond donors (Lipinski definition) is 1. The number of carbonyl (C=O) groups excluding carboxylic acids is 1. The molecule has 10 heteroatoms. The van der Waals surface area contributed by atoms with Gasteiger partial charge in [0, 0.05) is 31.3 Å². The summed E-state index contributed by atoms with van der Waals surface area (Å²) < 4.78 is 31.7. The zero-order valence-corrected chi connectivity index (χ0v) is 18.0. The van der Waals surface area contributed by atoms with Gasteiger partial charge in [0.15, 0.2) is 0 Å². The molecule has 1 N–H and O–H groups in total. The molecule has 0 bridgehead atoms. The van der Waals surface area contributed by atoms with Gasteiger partial charge in [0.2, 0.25) is 10.0 Å². The molecule has 0 aliphatic carbocycles. The Bertz CT molecular complexity index is 1030. The third kappa shape index (κ3) is 5.80. The van der Waals surface area contributed by atoms with Gasteiger partial charge in [-0.15, -0.1) is 0 Å². The second kappa shape index (κ2) is 9.88. The monoisotopic (exact) mass is 447 g/mol. The Labute approximate surface area is 181 Å². The minimum absolute atomic E-state index is 0.0547. The van der Waals surface area contributed by atoms with Crippen molar-refractivity contribution in [3.05, 3.63) is 64.2 Å². The fraction of sp³-hybridized carbons (Fsp3) is 0.381. The first kappa shape index (κ1) is 22.7. The summed E-state index contributed by atoms with van der Waals surface area (Å²) in [6, 6.07) is 12.5. The number of nitrogens with zero attached hydrogens (tertiary/aromatic N) is 2. The minimum atomic E-state index is -3.27. The topological polar surface area (TPSA) is 119 Å². The Hall–Kier alpha value is -2.98. The van der Waals surface area contributed by atoms with Crippen LogP contribution in [-0.4, -0.2) is 48.4 Å². The van der Waals surface area contributed by atoms with Gasteiger partial charge in [-0.2, -0.15) is 0 Å². The Kier molecular flexibility index (Phi) is 7.24. The lowest BCUT2D eigenvalue weighted by Gasteiger charge is -2.31. The second-order valence-electron chi connectivity index (χ2n) is 7.32. The Morgan fingerprint density at radius 3 is 2.48 bits per heavy atom. The summed E-state index contributed by atoms with van der Waals surface area (Å²) >= 11 is 0. The average molecular weight is 448 g/mol. The summed E-state index contributed by atoms with van der Waals surface area (Å²) in [7, 11) is -3.27. The Morgan fingerprint density at radius 2 is 1.87 bits per heavy atom. The third-order valence-corrected chi connectivity index (χ3v) is 7.11. The summed E-state index contributed by atoms with van der Waals surface area (Å²) in [5.41, 5.74) is -0.162. The molecule has 3 rings (SSSR count). The maximum absolute atomic E-state index is 12.9. The molecular weight excluding hydrogens is 422 g/mol. The molecule has 1 aliphatic heterocycles. The van der Waals surface area contributed by atoms with E-state index in [1.54, 1.807) is 24.3 Å². The molecule has 2 aromatic carbocycles. The van der Waals surface area contributed by atoms with Gasteiger partial charge in [0.1, 0.15) is 11.5 Å². The predicted molar refractivity (Wildman–Crippen MR) is 116 cm³/mol. The lowest BCUT2D eigenvalue weighted by Crippen LogP contribution is -2.47. The van der Waals surface area contributed by atoms with Gasteiger partial charge in [0.05, 0.1) is 16.2 Å². The predicted octanol–water partition coefficient (Wildman–Crippen LogP) is 3.32. The van der Waals surface area contributed by atoms with Gasteiger partial charge < -0.3 is 10.1 Å². The maximum atomic E-state index is 12.9. The van der Waals surface area contributed by atoms with Crippen molar-refractivity contribution < 1.29 is 22.9 Å². The fourth-order valence-corrected chi connectivity index (χ4v) is 4.98. The highest BCUT2D eigenvalue weighted by atomic mass is 32.2. The van der Waals surface area contributed by atoms with E-state index in [2.05, 4.69) is 5.32 Å². The van der Waals surface area contributed by atoms with Crippen LogP contribution in [0.15, 0.2) is 48.5 Å². The van der Waals surface area contributed by atoms with Crippen LogP contribution in [0.2, 0.25) is 0 Å². The largest absolute Gasteiger partial charge is 0.457 e. The number of piperidine rings is 1. The molecule has 1 saturated heterocycles. The Morgan fingerprint density at radius 1 is 1.19 bits per heavy atom. The summed E-state index contributed by atoms with van der Waals surface area (Å²) in [4.78, 5) is 23.6. The highest BCUT2D eigenvalue weighted by Crippen LogP contribution is 2.29. The molecule has 9 nitrogen and oxygen atoms in total. The molecule has 0 spiro atoms. The zero-order chi connectivity index (χ0) is 22.4. The van der Waals surface area contributed by atoms with Gasteiger partial charge in [-0.1, -0.05) is 25.1 Å². The van der Waals surface area contributed by atoms with Crippen LogP contribution in [0.3, 0.4) is 0 Å². The van der Waals surface area contributed by atoms with Crippen LogP contribution in [0, 0.1) is 10.1 Å². The number of para-hydroxylation sites is 1. The molecule has 31 heavy (non-hydrogen) atoms. The zero-order valence-electron chi connectivity index (χ0n) is 17.2.